The molecule has 2 aromatic heterocycles. The van der Waals surface area contributed by atoms with Crippen molar-refractivity contribution in [2.45, 2.75) is 13.8 Å². The van der Waals surface area contributed by atoms with E-state index in [2.05, 4.69) is 16.1 Å². The van der Waals surface area contributed by atoms with E-state index < -0.39 is 0 Å². The summed E-state index contributed by atoms with van der Waals surface area (Å²) in [7, 11) is 0. The fourth-order valence-electron chi connectivity index (χ4n) is 2.20. The molecule has 0 fully saturated rings. The number of hydrogen-bond donors (Lipinski definition) is 0. The zero-order valence-electron chi connectivity index (χ0n) is 11.2. The molecule has 4 nitrogen and oxygen atoms in total. The first-order valence-corrected chi connectivity index (χ1v) is 7.09. The largest absolute Gasteiger partial charge is 0.298 e. The minimum absolute atomic E-state index is 0.555. The minimum atomic E-state index is 0.555. The van der Waals surface area contributed by atoms with Crippen molar-refractivity contribution in [1.82, 2.24) is 14.8 Å². The van der Waals surface area contributed by atoms with Crippen molar-refractivity contribution in [3.63, 3.8) is 0 Å². The molecule has 2 heterocycles. The fourth-order valence-corrected chi connectivity index (χ4v) is 2.84. The number of nitrogens with zero attached hydrogens (tertiary/aromatic N) is 3. The van der Waals surface area contributed by atoms with E-state index in [1.54, 1.807) is 17.1 Å². The van der Waals surface area contributed by atoms with Crippen molar-refractivity contribution in [2.75, 3.05) is 0 Å². The van der Waals surface area contributed by atoms with Crippen molar-refractivity contribution in [3.8, 4) is 16.4 Å². The van der Waals surface area contributed by atoms with Crippen LogP contribution in [0.1, 0.15) is 21.5 Å². The molecular weight excluding hydrogens is 270 g/mol. The first kappa shape index (κ1) is 12.7. The Hall–Kier alpha value is -2.27. The van der Waals surface area contributed by atoms with E-state index in [-0.39, 0.29) is 0 Å². The highest BCUT2D eigenvalue weighted by Crippen LogP contribution is 2.24. The van der Waals surface area contributed by atoms with Gasteiger partial charge in [-0.1, -0.05) is 6.07 Å². The number of hydrogen-bond acceptors (Lipinski definition) is 4. The Balaban J connectivity index is 2.14. The van der Waals surface area contributed by atoms with E-state index in [1.807, 2.05) is 31.4 Å². The molecule has 0 bridgehead atoms. The third-order valence-corrected chi connectivity index (χ3v) is 3.76. The van der Waals surface area contributed by atoms with Crippen LogP contribution < -0.4 is 0 Å². The predicted molar refractivity (Wildman–Crippen MR) is 79.5 cm³/mol. The molecule has 0 radical (unpaired) electrons. The number of rotatable bonds is 3. The molecule has 0 unspecified atom stereocenters. The number of aldehydes is 1. The van der Waals surface area contributed by atoms with Gasteiger partial charge in [-0.2, -0.15) is 5.10 Å². The maximum Gasteiger partial charge on any atom is 0.153 e. The molecule has 0 amide bonds. The van der Waals surface area contributed by atoms with Gasteiger partial charge in [-0.15, -0.1) is 11.3 Å². The van der Waals surface area contributed by atoms with Crippen molar-refractivity contribution in [3.05, 3.63) is 52.7 Å². The highest BCUT2D eigenvalue weighted by Gasteiger charge is 2.13. The predicted octanol–water partition coefficient (Wildman–Crippen LogP) is 3.43. The van der Waals surface area contributed by atoms with Gasteiger partial charge >= 0.3 is 0 Å². The van der Waals surface area contributed by atoms with Gasteiger partial charge in [0.25, 0.3) is 0 Å². The summed E-state index contributed by atoms with van der Waals surface area (Å²) in [6.45, 7) is 4.09. The number of carbonyl (C=O) groups excluding carboxylic acids is 1. The summed E-state index contributed by atoms with van der Waals surface area (Å²) in [5, 5.41) is 7.14. The van der Waals surface area contributed by atoms with Crippen LogP contribution in [0.4, 0.5) is 0 Å². The first-order valence-electron chi connectivity index (χ1n) is 6.21. The Morgan fingerprint density at radius 2 is 1.95 bits per heavy atom. The van der Waals surface area contributed by atoms with Gasteiger partial charge in [0.05, 0.1) is 11.3 Å². The van der Waals surface area contributed by atoms with Crippen molar-refractivity contribution >= 4 is 17.6 Å². The van der Waals surface area contributed by atoms with Crippen LogP contribution in [0.2, 0.25) is 0 Å². The average Bonchev–Trinajstić information content (AvgIpc) is 3.06. The lowest BCUT2D eigenvalue weighted by Gasteiger charge is -2.04. The summed E-state index contributed by atoms with van der Waals surface area (Å²) in [4.78, 5) is 15.4. The SMILES string of the molecule is Cc1cc(C)cc(-n2cc(C=O)c(-c3nccs3)n2)c1. The third kappa shape index (κ3) is 2.28. The summed E-state index contributed by atoms with van der Waals surface area (Å²) in [5.41, 5.74) is 4.47. The third-order valence-electron chi connectivity index (χ3n) is 2.98. The van der Waals surface area contributed by atoms with E-state index in [9.17, 15) is 4.79 Å². The quantitative estimate of drug-likeness (QED) is 0.692. The number of aryl methyl sites for hydroxylation is 2. The van der Waals surface area contributed by atoms with Crippen LogP contribution in [0.5, 0.6) is 0 Å². The summed E-state index contributed by atoms with van der Waals surface area (Å²) < 4.78 is 1.74. The van der Waals surface area contributed by atoms with Gasteiger partial charge in [0.2, 0.25) is 0 Å². The molecule has 0 spiro atoms. The van der Waals surface area contributed by atoms with Gasteiger partial charge in [-0.3, -0.25) is 4.79 Å². The Kier molecular flexibility index (Phi) is 3.20. The van der Waals surface area contributed by atoms with Crippen molar-refractivity contribution in [2.24, 2.45) is 0 Å². The summed E-state index contributed by atoms with van der Waals surface area (Å²) in [5.74, 6) is 0. The molecule has 0 aliphatic carbocycles. The molecule has 3 rings (SSSR count). The van der Waals surface area contributed by atoms with Crippen LogP contribution >= 0.6 is 11.3 Å². The number of benzene rings is 1. The van der Waals surface area contributed by atoms with E-state index >= 15 is 0 Å². The number of thiazole rings is 1. The molecule has 1 aromatic carbocycles. The summed E-state index contributed by atoms with van der Waals surface area (Å²) >= 11 is 1.47. The molecule has 0 aliphatic rings. The van der Waals surface area contributed by atoms with Gasteiger partial charge in [-0.25, -0.2) is 9.67 Å². The van der Waals surface area contributed by atoms with Crippen molar-refractivity contribution < 1.29 is 4.79 Å². The lowest BCUT2D eigenvalue weighted by atomic mass is 10.1. The van der Waals surface area contributed by atoms with Crippen LogP contribution in [-0.2, 0) is 0 Å². The highest BCUT2D eigenvalue weighted by molar-refractivity contribution is 7.13. The van der Waals surface area contributed by atoms with E-state index in [1.165, 1.54) is 22.5 Å². The topological polar surface area (TPSA) is 47.8 Å². The minimum Gasteiger partial charge on any atom is -0.298 e. The van der Waals surface area contributed by atoms with Gasteiger partial charge < -0.3 is 0 Å². The van der Waals surface area contributed by atoms with Gasteiger partial charge in [0, 0.05) is 17.8 Å². The van der Waals surface area contributed by atoms with E-state index in [0.717, 1.165) is 17.0 Å². The number of carbonyl (C=O) groups is 1. The van der Waals surface area contributed by atoms with Crippen LogP contribution in [0.3, 0.4) is 0 Å². The molecular formula is C15H13N3OS. The molecule has 20 heavy (non-hydrogen) atoms. The molecule has 5 heteroatoms. The summed E-state index contributed by atoms with van der Waals surface area (Å²) in [6, 6.07) is 6.19. The molecule has 0 aliphatic heterocycles. The van der Waals surface area contributed by atoms with Crippen LogP contribution in [0.25, 0.3) is 16.4 Å². The second-order valence-electron chi connectivity index (χ2n) is 4.68. The monoisotopic (exact) mass is 283 g/mol. The maximum atomic E-state index is 11.2. The van der Waals surface area contributed by atoms with E-state index in [4.69, 9.17) is 0 Å². The Morgan fingerprint density at radius 1 is 1.20 bits per heavy atom. The molecule has 0 saturated heterocycles. The zero-order valence-corrected chi connectivity index (χ0v) is 12.0. The molecule has 0 atom stereocenters. The Morgan fingerprint density at radius 3 is 2.55 bits per heavy atom. The van der Waals surface area contributed by atoms with Crippen molar-refractivity contribution in [1.29, 1.82) is 0 Å². The normalized spacial score (nSPS) is 10.7. The smallest absolute Gasteiger partial charge is 0.153 e. The van der Waals surface area contributed by atoms with Crippen LogP contribution in [0, 0.1) is 13.8 Å². The summed E-state index contributed by atoms with van der Waals surface area (Å²) in [6.07, 6.45) is 4.28. The maximum absolute atomic E-state index is 11.2. The molecule has 3 aromatic rings. The fraction of sp³-hybridized carbons (Fsp3) is 0.133. The second kappa shape index (κ2) is 5.02. The van der Waals surface area contributed by atoms with Gasteiger partial charge in [-0.05, 0) is 37.1 Å². The average molecular weight is 283 g/mol. The first-order chi connectivity index (χ1) is 9.67. The van der Waals surface area contributed by atoms with Crippen LogP contribution in [-0.4, -0.2) is 21.1 Å². The lowest BCUT2D eigenvalue weighted by molar-refractivity contribution is 0.112. The highest BCUT2D eigenvalue weighted by atomic mass is 32.1. The Labute approximate surface area is 120 Å². The standard InChI is InChI=1S/C15H13N3OS/c1-10-5-11(2)7-13(6-10)18-8-12(9-19)14(17-18)15-16-3-4-20-15/h3-9H,1-2H3. The van der Waals surface area contributed by atoms with Gasteiger partial charge in [0.1, 0.15) is 10.7 Å². The van der Waals surface area contributed by atoms with Gasteiger partial charge in [0.15, 0.2) is 6.29 Å². The van der Waals surface area contributed by atoms with E-state index in [0.29, 0.717) is 11.3 Å². The molecule has 0 saturated carbocycles. The Bertz CT molecular complexity index is 739. The lowest BCUT2D eigenvalue weighted by Crippen LogP contribution is -1.96. The molecule has 0 N–H and O–H groups in total. The molecule has 100 valence electrons. The second-order valence-corrected chi connectivity index (χ2v) is 5.57. The zero-order chi connectivity index (χ0) is 14.1. The van der Waals surface area contributed by atoms with Crippen LogP contribution in [0.15, 0.2) is 36.0 Å². The number of aromatic nitrogens is 3.